The van der Waals surface area contributed by atoms with Crippen molar-refractivity contribution in [3.8, 4) is 0 Å². The second kappa shape index (κ2) is 9.38. The number of anilines is 2. The molecule has 3 aromatic rings. The molecule has 0 unspecified atom stereocenters. The Morgan fingerprint density at radius 1 is 1.03 bits per heavy atom. The molecule has 1 aromatic heterocycles. The van der Waals surface area contributed by atoms with Crippen LogP contribution in [-0.2, 0) is 20.7 Å². The number of nitrogens with one attached hydrogen (secondary N) is 2. The van der Waals surface area contributed by atoms with Crippen molar-refractivity contribution < 1.29 is 23.5 Å². The number of furan rings is 1. The molecule has 2 heterocycles. The van der Waals surface area contributed by atoms with E-state index in [-0.39, 0.29) is 12.6 Å². The molecule has 0 fully saturated rings. The minimum atomic E-state index is -0.796. The van der Waals surface area contributed by atoms with E-state index in [2.05, 4.69) is 26.3 Å². The molecular weight excluding hydrogens is 410 g/mol. The van der Waals surface area contributed by atoms with Gasteiger partial charge in [-0.05, 0) is 54.4 Å². The molecule has 1 aliphatic heterocycles. The molecule has 164 valence electrons. The summed E-state index contributed by atoms with van der Waals surface area (Å²) in [6, 6.07) is 17.6. The summed E-state index contributed by atoms with van der Waals surface area (Å²) in [7, 11) is 1.29. The Bertz CT molecular complexity index is 1110. The van der Waals surface area contributed by atoms with Crippen molar-refractivity contribution in [2.45, 2.75) is 12.5 Å². The molecule has 32 heavy (non-hydrogen) atoms. The topological polar surface area (TPSA) is 101 Å². The number of ether oxygens (including phenoxy) is 1. The fraction of sp³-hybridized carbons (Fsp3) is 0.208. The highest BCUT2D eigenvalue weighted by atomic mass is 16.5. The van der Waals surface area contributed by atoms with Crippen molar-refractivity contribution in [2.75, 3.05) is 30.4 Å². The molecule has 8 nitrogen and oxygen atoms in total. The monoisotopic (exact) mass is 433 g/mol. The number of benzene rings is 2. The van der Waals surface area contributed by atoms with Crippen LogP contribution in [0.3, 0.4) is 0 Å². The predicted octanol–water partition coefficient (Wildman–Crippen LogP) is 2.92. The highest BCUT2D eigenvalue weighted by Gasteiger charge is 2.29. The fourth-order valence-electron chi connectivity index (χ4n) is 3.80. The largest absolute Gasteiger partial charge is 0.467 e. The number of carbonyl (C=O) groups excluding carboxylic acids is 3. The molecule has 2 N–H and O–H groups in total. The lowest BCUT2D eigenvalue weighted by Crippen LogP contribution is -2.41. The van der Waals surface area contributed by atoms with E-state index >= 15 is 0 Å². The van der Waals surface area contributed by atoms with Crippen LogP contribution in [0.4, 0.5) is 11.4 Å². The van der Waals surface area contributed by atoms with Crippen LogP contribution in [0.25, 0.3) is 0 Å². The van der Waals surface area contributed by atoms with Gasteiger partial charge < -0.3 is 24.7 Å². The second-order valence-electron chi connectivity index (χ2n) is 7.34. The molecule has 8 heteroatoms. The van der Waals surface area contributed by atoms with Gasteiger partial charge in [0.1, 0.15) is 11.8 Å². The Kier molecular flexibility index (Phi) is 6.21. The molecule has 4 rings (SSSR count). The highest BCUT2D eigenvalue weighted by molar-refractivity contribution is 6.39. The molecule has 0 bridgehead atoms. The molecule has 1 aliphatic rings. The lowest BCUT2D eigenvalue weighted by molar-refractivity contribution is -0.136. The van der Waals surface area contributed by atoms with Crippen LogP contribution in [0.1, 0.15) is 27.7 Å². The van der Waals surface area contributed by atoms with E-state index in [9.17, 15) is 14.4 Å². The van der Waals surface area contributed by atoms with Crippen molar-refractivity contribution in [2.24, 2.45) is 0 Å². The van der Waals surface area contributed by atoms with Crippen LogP contribution in [-0.4, -0.2) is 38.0 Å². The van der Waals surface area contributed by atoms with Gasteiger partial charge in [0.2, 0.25) is 0 Å². The van der Waals surface area contributed by atoms with Crippen LogP contribution < -0.4 is 15.5 Å². The van der Waals surface area contributed by atoms with Gasteiger partial charge in [-0.25, -0.2) is 4.79 Å². The van der Waals surface area contributed by atoms with Gasteiger partial charge in [-0.3, -0.25) is 9.59 Å². The van der Waals surface area contributed by atoms with E-state index in [1.54, 1.807) is 12.3 Å². The first-order valence-corrected chi connectivity index (χ1v) is 10.2. The smallest absolute Gasteiger partial charge is 0.337 e. The molecular formula is C24H23N3O5. The number of amides is 2. The average Bonchev–Trinajstić information content (AvgIpc) is 3.50. The molecule has 1 atom stereocenters. The fourth-order valence-corrected chi connectivity index (χ4v) is 3.80. The molecule has 0 radical (unpaired) electrons. The van der Waals surface area contributed by atoms with E-state index in [0.717, 1.165) is 18.7 Å². The summed E-state index contributed by atoms with van der Waals surface area (Å²) in [5, 5.41) is 5.24. The minimum absolute atomic E-state index is 0.204. The van der Waals surface area contributed by atoms with Crippen molar-refractivity contribution in [1.82, 2.24) is 5.32 Å². The number of carbonyl (C=O) groups is 3. The third-order valence-electron chi connectivity index (χ3n) is 5.40. The zero-order chi connectivity index (χ0) is 22.5. The standard InChI is InChI=1S/C24H23N3O5/c1-31-24(30)17-8-10-18(11-9-17)26-23(29)22(28)25-15-20(21-7-4-14-32-21)27-13-12-16-5-2-3-6-19(16)27/h2-11,14,20H,12-13,15H2,1H3,(H,25,28)(H,26,29)/t20-/m1/s1. The highest BCUT2D eigenvalue weighted by Crippen LogP contribution is 2.34. The first-order valence-electron chi connectivity index (χ1n) is 10.2. The van der Waals surface area contributed by atoms with E-state index in [0.29, 0.717) is 17.0 Å². The van der Waals surface area contributed by atoms with E-state index < -0.39 is 17.8 Å². The number of methoxy groups -OCH3 is 1. The number of hydrogen-bond acceptors (Lipinski definition) is 6. The van der Waals surface area contributed by atoms with Crippen LogP contribution >= 0.6 is 0 Å². The summed E-state index contributed by atoms with van der Waals surface area (Å²) in [5.74, 6) is -1.32. The van der Waals surface area contributed by atoms with E-state index in [1.807, 2.05) is 24.3 Å². The molecule has 0 aliphatic carbocycles. The minimum Gasteiger partial charge on any atom is -0.467 e. The molecule has 2 amide bonds. The Morgan fingerprint density at radius 2 is 1.81 bits per heavy atom. The summed E-state index contributed by atoms with van der Waals surface area (Å²) in [5.41, 5.74) is 3.08. The maximum absolute atomic E-state index is 12.5. The summed E-state index contributed by atoms with van der Waals surface area (Å²) in [6.45, 7) is 0.995. The van der Waals surface area contributed by atoms with Crippen molar-refractivity contribution >= 4 is 29.2 Å². The van der Waals surface area contributed by atoms with Crippen molar-refractivity contribution in [3.63, 3.8) is 0 Å². The number of hydrogen-bond donors (Lipinski definition) is 2. The zero-order valence-corrected chi connectivity index (χ0v) is 17.5. The summed E-state index contributed by atoms with van der Waals surface area (Å²) < 4.78 is 10.3. The number of rotatable bonds is 6. The summed E-state index contributed by atoms with van der Waals surface area (Å²) >= 11 is 0. The van der Waals surface area contributed by atoms with Gasteiger partial charge >= 0.3 is 17.8 Å². The van der Waals surface area contributed by atoms with Crippen molar-refractivity contribution in [3.05, 3.63) is 83.8 Å². The Labute approximate surface area is 185 Å². The van der Waals surface area contributed by atoms with Crippen molar-refractivity contribution in [1.29, 1.82) is 0 Å². The maximum atomic E-state index is 12.5. The first kappa shape index (κ1) is 21.2. The third-order valence-corrected chi connectivity index (χ3v) is 5.40. The SMILES string of the molecule is COC(=O)c1ccc(NC(=O)C(=O)NC[C@H](c2ccco2)N2CCc3ccccc32)cc1. The van der Waals surface area contributed by atoms with Gasteiger partial charge in [-0.2, -0.15) is 0 Å². The maximum Gasteiger partial charge on any atom is 0.337 e. The zero-order valence-electron chi connectivity index (χ0n) is 17.5. The van der Waals surface area contributed by atoms with E-state index in [4.69, 9.17) is 4.42 Å². The van der Waals surface area contributed by atoms with Crippen LogP contribution in [0.15, 0.2) is 71.3 Å². The second-order valence-corrected chi connectivity index (χ2v) is 7.34. The number of para-hydroxylation sites is 1. The Morgan fingerprint density at radius 3 is 2.53 bits per heavy atom. The third kappa shape index (κ3) is 4.49. The summed E-state index contributed by atoms with van der Waals surface area (Å²) in [6.07, 6.45) is 2.50. The number of fused-ring (bicyclic) bond motifs is 1. The van der Waals surface area contributed by atoms with Gasteiger partial charge in [0, 0.05) is 24.5 Å². The molecule has 2 aromatic carbocycles. The van der Waals surface area contributed by atoms with Crippen LogP contribution in [0, 0.1) is 0 Å². The normalized spacial score (nSPS) is 13.2. The Hall–Kier alpha value is -4.07. The number of esters is 1. The van der Waals surface area contributed by atoms with E-state index in [1.165, 1.54) is 36.9 Å². The molecule has 0 spiro atoms. The lowest BCUT2D eigenvalue weighted by atomic mass is 10.1. The van der Waals surface area contributed by atoms with Crippen LogP contribution in [0.2, 0.25) is 0 Å². The van der Waals surface area contributed by atoms with Crippen LogP contribution in [0.5, 0.6) is 0 Å². The van der Waals surface area contributed by atoms with Gasteiger partial charge in [0.15, 0.2) is 0 Å². The lowest BCUT2D eigenvalue weighted by Gasteiger charge is -2.29. The predicted molar refractivity (Wildman–Crippen MR) is 118 cm³/mol. The van der Waals surface area contributed by atoms with Gasteiger partial charge in [0.25, 0.3) is 0 Å². The Balaban J connectivity index is 1.40. The quantitative estimate of drug-likeness (QED) is 0.458. The molecule has 0 saturated carbocycles. The molecule has 0 saturated heterocycles. The summed E-state index contributed by atoms with van der Waals surface area (Å²) in [4.78, 5) is 38.5. The number of nitrogens with zero attached hydrogens (tertiary/aromatic N) is 1. The first-order chi connectivity index (χ1) is 15.6. The van der Waals surface area contributed by atoms with Gasteiger partial charge in [-0.1, -0.05) is 18.2 Å². The average molecular weight is 433 g/mol. The van der Waals surface area contributed by atoms with Gasteiger partial charge in [-0.15, -0.1) is 0 Å². The van der Waals surface area contributed by atoms with Gasteiger partial charge in [0.05, 0.1) is 18.9 Å².